The molecule has 0 saturated heterocycles. The fraction of sp³-hybridized carbons (Fsp3) is 0.381. The highest BCUT2D eigenvalue weighted by Crippen LogP contribution is 2.35. The summed E-state index contributed by atoms with van der Waals surface area (Å²) in [7, 11) is 1.62. The predicted molar refractivity (Wildman–Crippen MR) is 113 cm³/mol. The Balaban J connectivity index is 2.16. The van der Waals surface area contributed by atoms with Crippen LogP contribution in [0.2, 0.25) is 0 Å². The summed E-state index contributed by atoms with van der Waals surface area (Å²) < 4.78 is 6.85. The third-order valence-electron chi connectivity index (χ3n) is 4.74. The first-order valence-corrected chi connectivity index (χ1v) is 10.1. The van der Waals surface area contributed by atoms with Crippen LogP contribution in [-0.2, 0) is 22.5 Å². The normalized spacial score (nSPS) is 11.2. The van der Waals surface area contributed by atoms with Crippen LogP contribution in [0.1, 0.15) is 29.1 Å². The number of hydrogen-bond acceptors (Lipinski definition) is 5. The van der Waals surface area contributed by atoms with Crippen molar-refractivity contribution in [1.29, 1.82) is 0 Å². The largest absolute Gasteiger partial charge is 0.384 e. The van der Waals surface area contributed by atoms with Gasteiger partial charge in [0, 0.05) is 36.9 Å². The number of primary amides is 1. The van der Waals surface area contributed by atoms with Crippen LogP contribution in [0.15, 0.2) is 29.1 Å². The lowest BCUT2D eigenvalue weighted by Crippen LogP contribution is -2.26. The van der Waals surface area contributed by atoms with E-state index in [0.29, 0.717) is 37.2 Å². The number of benzene rings is 1. The van der Waals surface area contributed by atoms with Crippen LogP contribution in [0.5, 0.6) is 0 Å². The second-order valence-corrected chi connectivity index (χ2v) is 8.08. The molecule has 0 spiro atoms. The summed E-state index contributed by atoms with van der Waals surface area (Å²) in [4.78, 5) is 31.1. The average Bonchev–Trinajstić information content (AvgIpc) is 2.98. The molecule has 2 N–H and O–H groups in total. The molecule has 1 aromatic carbocycles. The lowest BCUT2D eigenvalue weighted by atomic mass is 10.0. The molecular weight excluding hydrogens is 374 g/mol. The van der Waals surface area contributed by atoms with Gasteiger partial charge in [0.1, 0.15) is 10.7 Å². The monoisotopic (exact) mass is 399 g/mol. The van der Waals surface area contributed by atoms with Crippen LogP contribution >= 0.6 is 11.3 Å². The Morgan fingerprint density at radius 3 is 2.61 bits per heavy atom. The second-order valence-electron chi connectivity index (χ2n) is 6.88. The SMILES string of the molecule is COCCc1nc2sc(C)c(-c3ccc(C)cc3)c2c(=O)n1CCCC(N)=O. The molecule has 0 fully saturated rings. The number of fused-ring (bicyclic) bond motifs is 1. The zero-order valence-corrected chi connectivity index (χ0v) is 17.3. The van der Waals surface area contributed by atoms with E-state index in [1.54, 1.807) is 11.7 Å². The van der Waals surface area contributed by atoms with Crippen LogP contribution in [0.3, 0.4) is 0 Å². The van der Waals surface area contributed by atoms with Crippen LogP contribution in [-0.4, -0.2) is 29.2 Å². The fourth-order valence-corrected chi connectivity index (χ4v) is 4.39. The molecule has 6 nitrogen and oxygen atoms in total. The van der Waals surface area contributed by atoms with Gasteiger partial charge in [0.25, 0.3) is 5.56 Å². The smallest absolute Gasteiger partial charge is 0.262 e. The number of hydrogen-bond donors (Lipinski definition) is 1. The molecule has 0 aliphatic rings. The van der Waals surface area contributed by atoms with E-state index in [9.17, 15) is 9.59 Å². The van der Waals surface area contributed by atoms with Crippen molar-refractivity contribution < 1.29 is 9.53 Å². The first kappa shape index (κ1) is 20.2. The Labute approximate surface area is 168 Å². The minimum Gasteiger partial charge on any atom is -0.384 e. The minimum atomic E-state index is -0.368. The number of amides is 1. The van der Waals surface area contributed by atoms with Crippen molar-refractivity contribution in [2.45, 2.75) is 39.7 Å². The summed E-state index contributed by atoms with van der Waals surface area (Å²) in [6.45, 7) is 4.94. The van der Waals surface area contributed by atoms with Crippen molar-refractivity contribution in [3.05, 3.63) is 50.9 Å². The molecule has 1 amide bonds. The lowest BCUT2D eigenvalue weighted by Gasteiger charge is -2.12. The van der Waals surface area contributed by atoms with Crippen molar-refractivity contribution >= 4 is 27.5 Å². The maximum Gasteiger partial charge on any atom is 0.262 e. The van der Waals surface area contributed by atoms with E-state index >= 15 is 0 Å². The van der Waals surface area contributed by atoms with E-state index in [1.165, 1.54) is 16.9 Å². The van der Waals surface area contributed by atoms with Gasteiger partial charge in [-0.25, -0.2) is 4.98 Å². The molecule has 0 unspecified atom stereocenters. The van der Waals surface area contributed by atoms with Gasteiger partial charge in [0.2, 0.25) is 5.91 Å². The number of rotatable bonds is 8. The van der Waals surface area contributed by atoms with Crippen molar-refractivity contribution in [2.75, 3.05) is 13.7 Å². The van der Waals surface area contributed by atoms with E-state index in [2.05, 4.69) is 0 Å². The molecule has 0 atom stereocenters. The number of nitrogens with two attached hydrogens (primary N) is 1. The molecule has 148 valence electrons. The number of carbonyl (C=O) groups excluding carboxylic acids is 1. The number of ether oxygens (including phenoxy) is 1. The average molecular weight is 400 g/mol. The Kier molecular flexibility index (Phi) is 6.26. The molecular formula is C21H25N3O3S. The highest BCUT2D eigenvalue weighted by atomic mass is 32.1. The van der Waals surface area contributed by atoms with Gasteiger partial charge in [0.05, 0.1) is 12.0 Å². The maximum atomic E-state index is 13.4. The highest BCUT2D eigenvalue weighted by molar-refractivity contribution is 7.19. The van der Waals surface area contributed by atoms with E-state index in [0.717, 1.165) is 20.8 Å². The third-order valence-corrected chi connectivity index (χ3v) is 5.74. The van der Waals surface area contributed by atoms with E-state index in [-0.39, 0.29) is 17.9 Å². The van der Waals surface area contributed by atoms with Crippen LogP contribution < -0.4 is 11.3 Å². The van der Waals surface area contributed by atoms with Gasteiger partial charge in [-0.3, -0.25) is 14.2 Å². The molecule has 0 radical (unpaired) electrons. The fourth-order valence-electron chi connectivity index (χ4n) is 3.33. The standard InChI is InChI=1S/C21H25N3O3S/c1-13-6-8-15(9-7-13)18-14(2)28-20-19(18)21(26)24(11-4-5-16(22)25)17(23-20)10-12-27-3/h6-9H,4-5,10-12H2,1-3H3,(H2,22,25). The van der Waals surface area contributed by atoms with Gasteiger partial charge in [-0.15, -0.1) is 11.3 Å². The van der Waals surface area contributed by atoms with Crippen molar-refractivity contribution in [3.8, 4) is 11.1 Å². The summed E-state index contributed by atoms with van der Waals surface area (Å²) in [5, 5.41) is 0.645. The minimum absolute atomic E-state index is 0.0690. The quantitative estimate of drug-likeness (QED) is 0.630. The molecule has 0 bridgehead atoms. The molecule has 2 heterocycles. The highest BCUT2D eigenvalue weighted by Gasteiger charge is 2.19. The van der Waals surface area contributed by atoms with Gasteiger partial charge < -0.3 is 10.5 Å². The Morgan fingerprint density at radius 1 is 1.25 bits per heavy atom. The summed E-state index contributed by atoms with van der Waals surface area (Å²) in [6, 6.07) is 8.17. The van der Waals surface area contributed by atoms with Crippen molar-refractivity contribution in [3.63, 3.8) is 0 Å². The molecule has 0 aliphatic carbocycles. The summed E-state index contributed by atoms with van der Waals surface area (Å²) >= 11 is 1.54. The molecule has 3 aromatic rings. The van der Waals surface area contributed by atoms with E-state index < -0.39 is 0 Å². The Morgan fingerprint density at radius 2 is 1.96 bits per heavy atom. The molecule has 2 aromatic heterocycles. The lowest BCUT2D eigenvalue weighted by molar-refractivity contribution is -0.118. The number of thiophene rings is 1. The number of nitrogens with zero attached hydrogens (tertiary/aromatic N) is 2. The van der Waals surface area contributed by atoms with Crippen molar-refractivity contribution in [2.24, 2.45) is 5.73 Å². The van der Waals surface area contributed by atoms with Crippen molar-refractivity contribution in [1.82, 2.24) is 9.55 Å². The molecule has 7 heteroatoms. The zero-order chi connectivity index (χ0) is 20.3. The summed E-state index contributed by atoms with van der Waals surface area (Å²) in [6.07, 6.45) is 1.28. The van der Waals surface area contributed by atoms with E-state index in [4.69, 9.17) is 15.5 Å². The van der Waals surface area contributed by atoms with Gasteiger partial charge in [-0.05, 0) is 25.8 Å². The first-order valence-electron chi connectivity index (χ1n) is 9.29. The number of carbonyl (C=O) groups is 1. The van der Waals surface area contributed by atoms with Crippen LogP contribution in [0.25, 0.3) is 21.3 Å². The molecule has 3 rings (SSSR count). The molecule has 0 aliphatic heterocycles. The molecule has 0 saturated carbocycles. The second kappa shape index (κ2) is 8.67. The summed E-state index contributed by atoms with van der Waals surface area (Å²) in [5.41, 5.74) is 8.32. The molecule has 28 heavy (non-hydrogen) atoms. The topological polar surface area (TPSA) is 87.2 Å². The number of methoxy groups -OCH3 is 1. The number of aryl methyl sites for hydroxylation is 2. The van der Waals surface area contributed by atoms with E-state index in [1.807, 2.05) is 38.1 Å². The predicted octanol–water partition coefficient (Wildman–Crippen LogP) is 3.20. The Hall–Kier alpha value is -2.51. The third kappa shape index (κ3) is 4.15. The van der Waals surface area contributed by atoms with Crippen LogP contribution in [0.4, 0.5) is 0 Å². The maximum absolute atomic E-state index is 13.4. The van der Waals surface area contributed by atoms with Crippen LogP contribution in [0, 0.1) is 13.8 Å². The number of aromatic nitrogens is 2. The first-order chi connectivity index (χ1) is 13.4. The van der Waals surface area contributed by atoms with Gasteiger partial charge in [-0.1, -0.05) is 29.8 Å². The zero-order valence-electron chi connectivity index (χ0n) is 16.4. The van der Waals surface area contributed by atoms with Gasteiger partial charge in [-0.2, -0.15) is 0 Å². The Bertz CT molecular complexity index is 1050. The van der Waals surface area contributed by atoms with Gasteiger partial charge in [0.15, 0.2) is 0 Å². The summed E-state index contributed by atoms with van der Waals surface area (Å²) in [5.74, 6) is 0.313. The van der Waals surface area contributed by atoms with Gasteiger partial charge >= 0.3 is 0 Å².